The van der Waals surface area contributed by atoms with Crippen molar-refractivity contribution in [3.63, 3.8) is 0 Å². The summed E-state index contributed by atoms with van der Waals surface area (Å²) in [5, 5.41) is 2.62. The van der Waals surface area contributed by atoms with Gasteiger partial charge in [0, 0.05) is 0 Å². The van der Waals surface area contributed by atoms with Crippen LogP contribution in [0.1, 0.15) is 278 Å². The van der Waals surface area contributed by atoms with E-state index in [0.717, 1.165) is 19.3 Å². The molecule has 1 fully saturated rings. The Kier molecular flexibility index (Phi) is 113. The molecule has 454 valence electrons. The van der Waals surface area contributed by atoms with Crippen LogP contribution in [0.5, 0.6) is 0 Å². The number of hydrogen-bond acceptors (Lipinski definition) is 0. The highest BCUT2D eigenvalue weighted by Gasteiger charge is 2.07. The number of fused-ring (bicyclic) bond motifs is 2. The molecule has 0 nitrogen and oxygen atoms in total. The van der Waals surface area contributed by atoms with Crippen LogP contribution in [0.3, 0.4) is 0 Å². The number of aryl methyl sites for hydroxylation is 3. The topological polar surface area (TPSA) is 0 Å². The molecule has 6 aromatic carbocycles. The Morgan fingerprint density at radius 2 is 0.468 bits per heavy atom. The minimum absolute atomic E-state index is 1.03. The smallest absolute Gasteiger partial charge is 0.00258 e. The highest BCUT2D eigenvalue weighted by molar-refractivity contribution is 5.82. The van der Waals surface area contributed by atoms with Gasteiger partial charge in [-0.3, -0.25) is 0 Å². The molecule has 3 aliphatic rings. The zero-order valence-electron chi connectivity index (χ0n) is 57.7. The van der Waals surface area contributed by atoms with E-state index in [2.05, 4.69) is 258 Å². The Morgan fingerprint density at radius 3 is 0.671 bits per heavy atom. The highest BCUT2D eigenvalue weighted by Crippen LogP contribution is 2.20. The second-order valence-electron chi connectivity index (χ2n) is 16.4. The zero-order chi connectivity index (χ0) is 62.3. The molecule has 0 heteroatoms. The minimum atomic E-state index is 1.03. The van der Waals surface area contributed by atoms with Crippen LogP contribution < -0.4 is 0 Å². The van der Waals surface area contributed by atoms with Crippen molar-refractivity contribution in [1.29, 1.82) is 0 Å². The molecule has 0 N–H and O–H groups in total. The van der Waals surface area contributed by atoms with Gasteiger partial charge in [-0.1, -0.05) is 425 Å². The maximum absolute atomic E-state index is 2.24. The van der Waals surface area contributed by atoms with Gasteiger partial charge >= 0.3 is 0 Å². The van der Waals surface area contributed by atoms with E-state index in [1.54, 1.807) is 11.1 Å². The van der Waals surface area contributed by atoms with Crippen molar-refractivity contribution < 1.29 is 0 Å². The molecule has 0 amide bonds. The summed E-state index contributed by atoms with van der Waals surface area (Å²) in [6, 6.07) is 57.0. The van der Waals surface area contributed by atoms with Gasteiger partial charge in [0.1, 0.15) is 0 Å². The zero-order valence-corrected chi connectivity index (χ0v) is 57.7. The van der Waals surface area contributed by atoms with Crippen LogP contribution in [0, 0.1) is 0 Å². The molecule has 0 aliphatic heterocycles. The van der Waals surface area contributed by atoms with Crippen molar-refractivity contribution in [2.45, 2.75) is 276 Å². The molecule has 0 spiro atoms. The van der Waals surface area contributed by atoms with Crippen LogP contribution in [0.2, 0.25) is 0 Å². The molecule has 0 heterocycles. The molecule has 0 atom stereocenters. The van der Waals surface area contributed by atoms with Crippen LogP contribution in [0.15, 0.2) is 188 Å². The lowest BCUT2D eigenvalue weighted by atomic mass is 10.1. The molecule has 1 saturated carbocycles. The van der Waals surface area contributed by atoms with Crippen LogP contribution in [-0.4, -0.2) is 0 Å². The fourth-order valence-corrected chi connectivity index (χ4v) is 6.07. The lowest BCUT2D eigenvalue weighted by Crippen LogP contribution is -1.85. The molecule has 79 heavy (non-hydrogen) atoms. The third-order valence-corrected chi connectivity index (χ3v) is 8.92. The molecule has 0 aromatic heterocycles. The van der Waals surface area contributed by atoms with E-state index in [0.29, 0.717) is 0 Å². The summed E-state index contributed by atoms with van der Waals surface area (Å²) in [4.78, 5) is 0. The summed E-state index contributed by atoms with van der Waals surface area (Å²) in [6.45, 7) is 51.4. The first-order valence-corrected chi connectivity index (χ1v) is 32.8. The second kappa shape index (κ2) is 95.4. The van der Waals surface area contributed by atoms with Gasteiger partial charge in [-0.15, -0.1) is 0 Å². The average Bonchev–Trinajstić information content (AvgIpc) is 4.40. The van der Waals surface area contributed by atoms with Crippen molar-refractivity contribution >= 4 is 10.8 Å². The summed E-state index contributed by atoms with van der Waals surface area (Å²) < 4.78 is 0. The van der Waals surface area contributed by atoms with E-state index in [1.165, 1.54) is 111 Å². The highest BCUT2D eigenvalue weighted by atomic mass is 14.1. The summed E-state index contributed by atoms with van der Waals surface area (Å²) in [5.41, 5.74) is 7.28. The Labute approximate surface area is 499 Å². The Hall–Kier alpha value is -4.94. The molecule has 0 unspecified atom stereocenters. The average molecular weight is 1090 g/mol. The summed E-state index contributed by atoms with van der Waals surface area (Å²) >= 11 is 0. The minimum Gasteiger partial charge on any atom is -0.0808 e. The molecule has 0 radical (unpaired) electrons. The Bertz CT molecular complexity index is 1690. The first-order chi connectivity index (χ1) is 38.9. The fourth-order valence-electron chi connectivity index (χ4n) is 6.07. The molecule has 0 bridgehead atoms. The normalized spacial score (nSPS) is 9.89. The lowest BCUT2D eigenvalue weighted by molar-refractivity contribution is 0.886. The van der Waals surface area contributed by atoms with Gasteiger partial charge in [0.2, 0.25) is 0 Å². The first kappa shape index (κ1) is 93.4. The van der Waals surface area contributed by atoms with Gasteiger partial charge < -0.3 is 0 Å². The maximum Gasteiger partial charge on any atom is -0.00258 e. The van der Waals surface area contributed by atoms with Crippen molar-refractivity contribution in [2.75, 3.05) is 0 Å². The maximum atomic E-state index is 2.24. The SMILES string of the molecule is C1=CCC=C1.C1CCCC1.CC.CC.CC.CC.CC.CC.CC.CCC.CCC.CCC.CCC.CCC.CCc1ccccc1.c1ccc(Cc2ccccc2)cc1.c1ccc2c(c1)CCC2.c1ccc2ccccc2c1. The summed E-state index contributed by atoms with van der Waals surface area (Å²) in [7, 11) is 0. The van der Waals surface area contributed by atoms with E-state index in [4.69, 9.17) is 0 Å². The number of rotatable bonds is 3. The first-order valence-electron chi connectivity index (χ1n) is 32.8. The van der Waals surface area contributed by atoms with E-state index < -0.39 is 0 Å². The van der Waals surface area contributed by atoms with E-state index in [1.807, 2.05) is 103 Å². The predicted molar refractivity (Wildman–Crippen MR) is 379 cm³/mol. The van der Waals surface area contributed by atoms with Crippen LogP contribution in [0.25, 0.3) is 10.8 Å². The van der Waals surface area contributed by atoms with Crippen molar-refractivity contribution in [2.24, 2.45) is 0 Å². The van der Waals surface area contributed by atoms with Crippen LogP contribution in [-0.2, 0) is 25.7 Å². The van der Waals surface area contributed by atoms with Crippen LogP contribution >= 0.6 is 0 Å². The third-order valence-electron chi connectivity index (χ3n) is 8.92. The largest absolute Gasteiger partial charge is 0.0808 e. The second-order valence-corrected chi connectivity index (χ2v) is 16.4. The predicted octanol–water partition coefficient (Wildman–Crippen LogP) is 28.3. The van der Waals surface area contributed by atoms with Gasteiger partial charge in [-0.2, -0.15) is 0 Å². The molecular formula is C79H138. The van der Waals surface area contributed by atoms with Crippen molar-refractivity contribution in [3.8, 4) is 0 Å². The number of hydrogen-bond donors (Lipinski definition) is 0. The van der Waals surface area contributed by atoms with Crippen LogP contribution in [0.4, 0.5) is 0 Å². The number of benzene rings is 6. The fraction of sp³-hybridized carbons (Fsp3) is 0.519. The van der Waals surface area contributed by atoms with E-state index >= 15 is 0 Å². The monoisotopic (exact) mass is 1090 g/mol. The van der Waals surface area contributed by atoms with E-state index in [9.17, 15) is 0 Å². The quantitative estimate of drug-likeness (QED) is 0.166. The van der Waals surface area contributed by atoms with Gasteiger partial charge in [0.05, 0.1) is 0 Å². The van der Waals surface area contributed by atoms with Crippen molar-refractivity contribution in [1.82, 2.24) is 0 Å². The van der Waals surface area contributed by atoms with Gasteiger partial charge in [-0.05, 0) is 77.1 Å². The summed E-state index contributed by atoms with van der Waals surface area (Å²) in [5.74, 6) is 0. The van der Waals surface area contributed by atoms with Gasteiger partial charge in [0.15, 0.2) is 0 Å². The third kappa shape index (κ3) is 75.2. The Balaban J connectivity index is -0.0000000985. The molecule has 0 saturated heterocycles. The molecule has 6 aromatic rings. The van der Waals surface area contributed by atoms with Gasteiger partial charge in [-0.25, -0.2) is 0 Å². The lowest BCUT2D eigenvalue weighted by Gasteiger charge is -2.00. The summed E-state index contributed by atoms with van der Waals surface area (Å²) in [6.07, 6.45) is 29.4. The van der Waals surface area contributed by atoms with Crippen molar-refractivity contribution in [3.05, 3.63) is 216 Å². The van der Waals surface area contributed by atoms with Gasteiger partial charge in [0.25, 0.3) is 0 Å². The Morgan fingerprint density at radius 1 is 0.253 bits per heavy atom. The molecular weight excluding hydrogens is 949 g/mol. The molecule has 3 aliphatic carbocycles. The standard InChI is InChI=1S/C13H12.C10H8.C9H10.C8H10.C5H10.C5H6.5C3H8.7C2H6/c1-3-7-12(8-4-1)11-13-9-5-2-6-10-13;1-2-6-10-8-4-3-7-9(10)5-1;1-2-5-9-7-3-6-8(9)4-1;1-2-8-6-4-3-5-7-8;2*1-2-4-5-3-1;5*1-3-2;7*1-2/h1-10H,11H2;1-8H;1-2,4-5H,3,6-7H2;3-7H,2H2,1H3;1-5H2;1-4H,5H2;5*3H2,1-2H3;7*1-2H3. The van der Waals surface area contributed by atoms with E-state index in [-0.39, 0.29) is 0 Å². The molecule has 9 rings (SSSR count). The number of allylic oxidation sites excluding steroid dienone is 4.